The molecular formula is C13H17F2N3O2. The lowest BCUT2D eigenvalue weighted by Gasteiger charge is -2.24. The molecule has 0 saturated carbocycles. The molecule has 1 aromatic carbocycles. The van der Waals surface area contributed by atoms with Gasteiger partial charge in [-0.2, -0.15) is 0 Å². The number of nitrogens with zero attached hydrogens (tertiary/aromatic N) is 1. The molecule has 0 aromatic heterocycles. The number of carbonyl (C=O) groups excluding carboxylic acids is 1. The van der Waals surface area contributed by atoms with Crippen LogP contribution in [0.15, 0.2) is 18.2 Å². The smallest absolute Gasteiger partial charge is 0.255 e. The van der Waals surface area contributed by atoms with E-state index in [0.717, 1.165) is 5.56 Å². The molecule has 0 saturated heterocycles. The van der Waals surface area contributed by atoms with E-state index in [4.69, 9.17) is 5.11 Å². The fourth-order valence-electron chi connectivity index (χ4n) is 2.35. The number of amides is 1. The zero-order chi connectivity index (χ0) is 14.7. The van der Waals surface area contributed by atoms with Crippen LogP contribution in [0.1, 0.15) is 11.6 Å². The largest absolute Gasteiger partial charge is 0.395 e. The summed E-state index contributed by atoms with van der Waals surface area (Å²) in [4.78, 5) is 13.1. The average Bonchev–Trinajstić information content (AvgIpc) is 2.71. The van der Waals surface area contributed by atoms with Crippen LogP contribution in [-0.4, -0.2) is 44.2 Å². The molecule has 1 heterocycles. The van der Waals surface area contributed by atoms with E-state index in [1.165, 1.54) is 4.90 Å². The summed E-state index contributed by atoms with van der Waals surface area (Å²) in [6.45, 7) is -0.551. The summed E-state index contributed by atoms with van der Waals surface area (Å²) < 4.78 is 25.1. The Hall–Kier alpha value is -1.73. The van der Waals surface area contributed by atoms with Gasteiger partial charge in [-0.1, -0.05) is 6.07 Å². The van der Waals surface area contributed by atoms with Crippen molar-refractivity contribution in [1.29, 1.82) is 0 Å². The second-order valence-corrected chi connectivity index (χ2v) is 4.54. The molecule has 0 aliphatic carbocycles. The number of nitrogens with one attached hydrogen (secondary N) is 2. The van der Waals surface area contributed by atoms with E-state index >= 15 is 0 Å². The first kappa shape index (κ1) is 14.7. The summed E-state index contributed by atoms with van der Waals surface area (Å²) in [7, 11) is 1.68. The number of anilines is 2. The molecule has 0 bridgehead atoms. The second kappa shape index (κ2) is 6.15. The van der Waals surface area contributed by atoms with E-state index < -0.39 is 19.0 Å². The first-order valence-electron chi connectivity index (χ1n) is 6.33. The Labute approximate surface area is 115 Å². The predicted molar refractivity (Wildman–Crippen MR) is 72.2 cm³/mol. The highest BCUT2D eigenvalue weighted by atomic mass is 19.3. The third-order valence-electron chi connectivity index (χ3n) is 3.25. The van der Waals surface area contributed by atoms with E-state index in [0.29, 0.717) is 11.4 Å². The minimum absolute atomic E-state index is 0.118. The number of hydrogen-bond donors (Lipinski definition) is 3. The van der Waals surface area contributed by atoms with E-state index in [2.05, 4.69) is 10.6 Å². The molecule has 1 aliphatic heterocycles. The number of aliphatic hydroxyl groups excluding tert-OH is 1. The summed E-state index contributed by atoms with van der Waals surface area (Å²) in [5.41, 5.74) is 1.96. The molecule has 2 rings (SSSR count). The van der Waals surface area contributed by atoms with Crippen molar-refractivity contribution in [3.8, 4) is 0 Å². The van der Waals surface area contributed by atoms with Crippen LogP contribution in [0.3, 0.4) is 0 Å². The number of likely N-dealkylation sites (N-methyl/N-ethyl adjacent to an activating group) is 1. The van der Waals surface area contributed by atoms with Gasteiger partial charge in [-0.05, 0) is 19.2 Å². The SMILES string of the molecule is CNC1C(=O)Nc2cc(N(CCO)CC(F)F)ccc21. The van der Waals surface area contributed by atoms with Crippen LogP contribution in [-0.2, 0) is 4.79 Å². The number of halogens is 2. The van der Waals surface area contributed by atoms with Gasteiger partial charge in [0.15, 0.2) is 0 Å². The van der Waals surface area contributed by atoms with Crippen molar-refractivity contribution in [1.82, 2.24) is 5.32 Å². The van der Waals surface area contributed by atoms with Gasteiger partial charge in [0.1, 0.15) is 6.04 Å². The van der Waals surface area contributed by atoms with Crippen LogP contribution < -0.4 is 15.5 Å². The standard InChI is InChI=1S/C13H17F2N3O2/c1-16-12-9-3-2-8(6-10(9)17-13(12)20)18(4-5-19)7-11(14)15/h2-3,6,11-12,16,19H,4-5,7H2,1H3,(H,17,20). The lowest BCUT2D eigenvalue weighted by atomic mass is 10.1. The molecule has 1 aliphatic rings. The number of carbonyl (C=O) groups is 1. The molecule has 7 heteroatoms. The van der Waals surface area contributed by atoms with Crippen molar-refractivity contribution in [2.45, 2.75) is 12.5 Å². The molecule has 1 atom stereocenters. The van der Waals surface area contributed by atoms with E-state index in [1.807, 2.05) is 0 Å². The Bertz CT molecular complexity index is 497. The molecule has 5 nitrogen and oxygen atoms in total. The van der Waals surface area contributed by atoms with Gasteiger partial charge in [0.05, 0.1) is 13.2 Å². The zero-order valence-electron chi connectivity index (χ0n) is 11.1. The van der Waals surface area contributed by atoms with Crippen molar-refractivity contribution in [3.63, 3.8) is 0 Å². The molecule has 0 fully saturated rings. The van der Waals surface area contributed by atoms with Gasteiger partial charge in [-0.3, -0.25) is 4.79 Å². The lowest BCUT2D eigenvalue weighted by Crippen LogP contribution is -2.31. The van der Waals surface area contributed by atoms with E-state index in [9.17, 15) is 13.6 Å². The number of hydrogen-bond acceptors (Lipinski definition) is 4. The van der Waals surface area contributed by atoms with Crippen molar-refractivity contribution in [3.05, 3.63) is 23.8 Å². The summed E-state index contributed by atoms with van der Waals surface area (Å²) in [6, 6.07) is 4.66. The predicted octanol–water partition coefficient (Wildman–Crippen LogP) is 0.963. The third-order valence-corrected chi connectivity index (χ3v) is 3.25. The monoisotopic (exact) mass is 285 g/mol. The fraction of sp³-hybridized carbons (Fsp3) is 0.462. The van der Waals surface area contributed by atoms with Crippen molar-refractivity contribution in [2.24, 2.45) is 0 Å². The number of alkyl halides is 2. The number of rotatable bonds is 6. The summed E-state index contributed by atoms with van der Waals surface area (Å²) in [5, 5.41) is 14.6. The van der Waals surface area contributed by atoms with Gasteiger partial charge in [-0.15, -0.1) is 0 Å². The quantitative estimate of drug-likeness (QED) is 0.728. The van der Waals surface area contributed by atoms with E-state index in [-0.39, 0.29) is 19.1 Å². The van der Waals surface area contributed by atoms with Crippen molar-refractivity contribution >= 4 is 17.3 Å². The van der Waals surface area contributed by atoms with Gasteiger partial charge in [0.25, 0.3) is 6.43 Å². The fourth-order valence-corrected chi connectivity index (χ4v) is 2.35. The highest BCUT2D eigenvalue weighted by Crippen LogP contribution is 2.33. The third kappa shape index (κ3) is 2.88. The molecular weight excluding hydrogens is 268 g/mol. The maximum atomic E-state index is 12.5. The number of aliphatic hydroxyl groups is 1. The zero-order valence-corrected chi connectivity index (χ0v) is 11.1. The first-order valence-corrected chi connectivity index (χ1v) is 6.33. The minimum Gasteiger partial charge on any atom is -0.395 e. The maximum Gasteiger partial charge on any atom is 0.255 e. The van der Waals surface area contributed by atoms with Crippen molar-refractivity contribution < 1.29 is 18.7 Å². The molecule has 0 spiro atoms. The molecule has 1 amide bonds. The van der Waals surface area contributed by atoms with Gasteiger partial charge < -0.3 is 20.6 Å². The lowest BCUT2D eigenvalue weighted by molar-refractivity contribution is -0.117. The average molecular weight is 285 g/mol. The van der Waals surface area contributed by atoms with Crippen LogP contribution in [0, 0.1) is 0 Å². The summed E-state index contributed by atoms with van der Waals surface area (Å²) >= 11 is 0. The Balaban J connectivity index is 2.26. The normalized spacial score (nSPS) is 17.2. The van der Waals surface area contributed by atoms with Gasteiger partial charge in [-0.25, -0.2) is 8.78 Å². The number of fused-ring (bicyclic) bond motifs is 1. The van der Waals surface area contributed by atoms with Crippen molar-refractivity contribution in [2.75, 3.05) is 37.0 Å². The highest BCUT2D eigenvalue weighted by Gasteiger charge is 2.29. The Kier molecular flexibility index (Phi) is 4.51. The van der Waals surface area contributed by atoms with Gasteiger partial charge >= 0.3 is 0 Å². The maximum absolute atomic E-state index is 12.5. The van der Waals surface area contributed by atoms with Crippen LogP contribution >= 0.6 is 0 Å². The van der Waals surface area contributed by atoms with Crippen LogP contribution in [0.2, 0.25) is 0 Å². The second-order valence-electron chi connectivity index (χ2n) is 4.54. The molecule has 3 N–H and O–H groups in total. The van der Waals surface area contributed by atoms with Gasteiger partial charge in [0.2, 0.25) is 5.91 Å². The molecule has 1 unspecified atom stereocenters. The Morgan fingerprint density at radius 3 is 2.85 bits per heavy atom. The minimum atomic E-state index is -2.49. The topological polar surface area (TPSA) is 64.6 Å². The van der Waals surface area contributed by atoms with Crippen LogP contribution in [0.25, 0.3) is 0 Å². The summed E-state index contributed by atoms with van der Waals surface area (Å²) in [6.07, 6.45) is -2.49. The molecule has 1 aromatic rings. The highest BCUT2D eigenvalue weighted by molar-refractivity contribution is 6.03. The van der Waals surface area contributed by atoms with Crippen LogP contribution in [0.5, 0.6) is 0 Å². The number of benzene rings is 1. The van der Waals surface area contributed by atoms with Gasteiger partial charge in [0, 0.05) is 23.5 Å². The summed E-state index contributed by atoms with van der Waals surface area (Å²) in [5.74, 6) is -0.165. The molecule has 20 heavy (non-hydrogen) atoms. The van der Waals surface area contributed by atoms with E-state index in [1.54, 1.807) is 25.2 Å². The molecule has 110 valence electrons. The molecule has 0 radical (unpaired) electrons. The first-order chi connectivity index (χ1) is 9.56. The Morgan fingerprint density at radius 1 is 1.50 bits per heavy atom. The van der Waals surface area contributed by atoms with Crippen LogP contribution in [0.4, 0.5) is 20.2 Å². The Morgan fingerprint density at radius 2 is 2.25 bits per heavy atom.